The summed E-state index contributed by atoms with van der Waals surface area (Å²) >= 11 is 1.50. The van der Waals surface area contributed by atoms with E-state index < -0.39 is 0 Å². The summed E-state index contributed by atoms with van der Waals surface area (Å²) in [6.45, 7) is 3.29. The number of amides is 1. The lowest BCUT2D eigenvalue weighted by Crippen LogP contribution is -2.37. The van der Waals surface area contributed by atoms with Crippen LogP contribution in [0.25, 0.3) is 10.2 Å². The normalized spacial score (nSPS) is 16.6. The summed E-state index contributed by atoms with van der Waals surface area (Å²) in [7, 11) is 1.65. The minimum Gasteiger partial charge on any atom is -0.497 e. The van der Waals surface area contributed by atoms with Crippen LogP contribution in [-0.4, -0.2) is 37.3 Å². The van der Waals surface area contributed by atoms with Gasteiger partial charge in [-0.25, -0.2) is 4.98 Å². The molecule has 2 heterocycles. The lowest BCUT2D eigenvalue weighted by Gasteiger charge is -2.23. The summed E-state index contributed by atoms with van der Waals surface area (Å²) in [5, 5.41) is 0.694. The average Bonchev–Trinajstić information content (AvgIpc) is 3.34. The van der Waals surface area contributed by atoms with Gasteiger partial charge in [-0.3, -0.25) is 9.69 Å². The summed E-state index contributed by atoms with van der Waals surface area (Å²) in [5.41, 5.74) is 2.66. The van der Waals surface area contributed by atoms with Crippen molar-refractivity contribution in [1.82, 2.24) is 4.98 Å². The highest BCUT2D eigenvalue weighted by Crippen LogP contribution is 2.33. The van der Waals surface area contributed by atoms with Crippen molar-refractivity contribution in [3.63, 3.8) is 0 Å². The number of hydrogen-bond donors (Lipinski definition) is 0. The Labute approximate surface area is 162 Å². The van der Waals surface area contributed by atoms with Gasteiger partial charge in [-0.05, 0) is 50.1 Å². The summed E-state index contributed by atoms with van der Waals surface area (Å²) in [5.74, 6) is 0.741. The van der Waals surface area contributed by atoms with Gasteiger partial charge in [-0.15, -0.1) is 0 Å². The third-order valence-corrected chi connectivity index (χ3v) is 5.81. The Hall–Kier alpha value is -2.44. The van der Waals surface area contributed by atoms with Gasteiger partial charge in [0.25, 0.3) is 5.91 Å². The van der Waals surface area contributed by atoms with E-state index in [0.29, 0.717) is 17.2 Å². The Balaban J connectivity index is 1.70. The van der Waals surface area contributed by atoms with Gasteiger partial charge in [0.2, 0.25) is 0 Å². The second kappa shape index (κ2) is 7.66. The first kappa shape index (κ1) is 17.9. The van der Waals surface area contributed by atoms with E-state index in [1.54, 1.807) is 12.0 Å². The molecule has 0 N–H and O–H groups in total. The smallest absolute Gasteiger partial charge is 0.260 e. The molecule has 1 aliphatic heterocycles. The maximum absolute atomic E-state index is 13.3. The molecule has 0 radical (unpaired) electrons. The zero-order valence-electron chi connectivity index (χ0n) is 15.5. The van der Waals surface area contributed by atoms with Crippen molar-refractivity contribution in [3.8, 4) is 5.75 Å². The first-order valence-electron chi connectivity index (χ1n) is 9.09. The number of anilines is 1. The molecule has 1 unspecified atom stereocenters. The van der Waals surface area contributed by atoms with Gasteiger partial charge in [0, 0.05) is 12.2 Å². The molecule has 6 heteroatoms. The topological polar surface area (TPSA) is 51.7 Å². The molecule has 0 aliphatic carbocycles. The number of carbonyl (C=O) groups is 1. The fourth-order valence-electron chi connectivity index (χ4n) is 3.23. The standard InChI is InChI=1S/C21H22N2O3S/c1-14-5-7-15(8-6-14)20(24)23(13-17-4-3-11-26-17)21-22-18-10-9-16(25-2)12-19(18)27-21/h5-10,12,17H,3-4,11,13H2,1-2H3. The van der Waals surface area contributed by atoms with E-state index in [2.05, 4.69) is 0 Å². The highest BCUT2D eigenvalue weighted by atomic mass is 32.1. The van der Waals surface area contributed by atoms with Gasteiger partial charge in [0.1, 0.15) is 5.75 Å². The number of aromatic nitrogens is 1. The molecule has 5 nitrogen and oxygen atoms in total. The number of ether oxygens (including phenoxy) is 2. The predicted molar refractivity (Wildman–Crippen MR) is 108 cm³/mol. The number of benzene rings is 2. The quantitative estimate of drug-likeness (QED) is 0.655. The van der Waals surface area contributed by atoms with Crippen molar-refractivity contribution in [3.05, 3.63) is 53.6 Å². The summed E-state index contributed by atoms with van der Waals surface area (Å²) < 4.78 is 12.1. The summed E-state index contributed by atoms with van der Waals surface area (Å²) in [6, 6.07) is 13.4. The Bertz CT molecular complexity index is 946. The highest BCUT2D eigenvalue weighted by molar-refractivity contribution is 7.22. The number of rotatable bonds is 5. The lowest BCUT2D eigenvalue weighted by molar-refractivity contribution is 0.0917. The number of carbonyl (C=O) groups excluding carboxylic acids is 1. The van der Waals surface area contributed by atoms with Crippen molar-refractivity contribution in [2.75, 3.05) is 25.2 Å². The third kappa shape index (κ3) is 3.82. The molecule has 4 rings (SSSR count). The molecule has 0 saturated carbocycles. The second-order valence-corrected chi connectivity index (χ2v) is 7.76. The minimum absolute atomic E-state index is 0.0449. The zero-order chi connectivity index (χ0) is 18.8. The van der Waals surface area contributed by atoms with Crippen LogP contribution in [0.4, 0.5) is 5.13 Å². The molecule has 1 aromatic heterocycles. The predicted octanol–water partition coefficient (Wildman–Crippen LogP) is 4.44. The second-order valence-electron chi connectivity index (χ2n) is 6.75. The van der Waals surface area contributed by atoms with E-state index in [4.69, 9.17) is 14.5 Å². The van der Waals surface area contributed by atoms with Crippen LogP contribution in [0.5, 0.6) is 5.75 Å². The molecular formula is C21H22N2O3S. The Morgan fingerprint density at radius 1 is 1.30 bits per heavy atom. The molecule has 140 valence electrons. The largest absolute Gasteiger partial charge is 0.497 e. The van der Waals surface area contributed by atoms with Gasteiger partial charge in [0.05, 0.1) is 30.0 Å². The average molecular weight is 382 g/mol. The molecule has 0 bridgehead atoms. The van der Waals surface area contributed by atoms with Crippen molar-refractivity contribution in [2.24, 2.45) is 0 Å². The monoisotopic (exact) mass is 382 g/mol. The van der Waals surface area contributed by atoms with Gasteiger partial charge in [-0.2, -0.15) is 0 Å². The van der Waals surface area contributed by atoms with Crippen LogP contribution in [0.1, 0.15) is 28.8 Å². The molecule has 2 aromatic carbocycles. The number of methoxy groups -OCH3 is 1. The minimum atomic E-state index is -0.0449. The van der Waals surface area contributed by atoms with Crippen molar-refractivity contribution >= 4 is 32.6 Å². The third-order valence-electron chi connectivity index (χ3n) is 4.77. The molecular weight excluding hydrogens is 360 g/mol. The Kier molecular flexibility index (Phi) is 5.09. The van der Waals surface area contributed by atoms with Crippen LogP contribution < -0.4 is 9.64 Å². The van der Waals surface area contributed by atoms with E-state index in [9.17, 15) is 4.79 Å². The van der Waals surface area contributed by atoms with E-state index in [0.717, 1.165) is 41.0 Å². The van der Waals surface area contributed by atoms with Crippen LogP contribution in [0, 0.1) is 6.92 Å². The highest BCUT2D eigenvalue weighted by Gasteiger charge is 2.27. The fraction of sp³-hybridized carbons (Fsp3) is 0.333. The number of thiazole rings is 1. The van der Waals surface area contributed by atoms with Crippen LogP contribution >= 0.6 is 11.3 Å². The maximum atomic E-state index is 13.3. The molecule has 1 atom stereocenters. The van der Waals surface area contributed by atoms with Crippen LogP contribution in [-0.2, 0) is 4.74 Å². The maximum Gasteiger partial charge on any atom is 0.260 e. The molecule has 1 fully saturated rings. The van der Waals surface area contributed by atoms with E-state index >= 15 is 0 Å². The van der Waals surface area contributed by atoms with Gasteiger partial charge in [0.15, 0.2) is 5.13 Å². The van der Waals surface area contributed by atoms with E-state index in [1.165, 1.54) is 11.3 Å². The number of nitrogens with zero attached hydrogens (tertiary/aromatic N) is 2. The summed E-state index contributed by atoms with van der Waals surface area (Å²) in [6.07, 6.45) is 2.06. The molecule has 1 amide bonds. The molecule has 27 heavy (non-hydrogen) atoms. The SMILES string of the molecule is COc1ccc2nc(N(CC3CCCO3)C(=O)c3ccc(C)cc3)sc2c1. The number of fused-ring (bicyclic) bond motifs is 1. The molecule has 0 spiro atoms. The van der Waals surface area contributed by atoms with Crippen molar-refractivity contribution in [2.45, 2.75) is 25.9 Å². The van der Waals surface area contributed by atoms with Crippen LogP contribution in [0.2, 0.25) is 0 Å². The van der Waals surface area contributed by atoms with Crippen molar-refractivity contribution < 1.29 is 14.3 Å². The number of hydrogen-bond acceptors (Lipinski definition) is 5. The van der Waals surface area contributed by atoms with Gasteiger partial charge < -0.3 is 9.47 Å². The van der Waals surface area contributed by atoms with Crippen LogP contribution in [0.3, 0.4) is 0 Å². The van der Waals surface area contributed by atoms with Crippen LogP contribution in [0.15, 0.2) is 42.5 Å². The number of aryl methyl sites for hydroxylation is 1. The Morgan fingerprint density at radius 3 is 2.81 bits per heavy atom. The van der Waals surface area contributed by atoms with E-state index in [1.807, 2.05) is 49.4 Å². The molecule has 1 saturated heterocycles. The lowest BCUT2D eigenvalue weighted by atomic mass is 10.1. The van der Waals surface area contributed by atoms with Crippen molar-refractivity contribution in [1.29, 1.82) is 0 Å². The first-order valence-corrected chi connectivity index (χ1v) is 9.90. The molecule has 1 aliphatic rings. The fourth-order valence-corrected chi connectivity index (χ4v) is 4.23. The first-order chi connectivity index (χ1) is 13.1. The summed E-state index contributed by atoms with van der Waals surface area (Å²) in [4.78, 5) is 19.7. The zero-order valence-corrected chi connectivity index (χ0v) is 16.3. The molecule has 3 aromatic rings. The Morgan fingerprint density at radius 2 is 2.11 bits per heavy atom. The van der Waals surface area contributed by atoms with E-state index in [-0.39, 0.29) is 12.0 Å². The van der Waals surface area contributed by atoms with Gasteiger partial charge in [-0.1, -0.05) is 29.0 Å². The van der Waals surface area contributed by atoms with Gasteiger partial charge >= 0.3 is 0 Å².